The number of rotatable bonds is 3. The first-order valence-corrected chi connectivity index (χ1v) is 7.91. The predicted molar refractivity (Wildman–Crippen MR) is 89.9 cm³/mol. The molecule has 2 heterocycles. The Labute approximate surface area is 138 Å². The number of aromatic nitrogens is 2. The molecule has 1 aliphatic rings. The zero-order chi connectivity index (χ0) is 15.5. The molecule has 3 rings (SSSR count). The monoisotopic (exact) mass is 357 g/mol. The Morgan fingerprint density at radius 2 is 2.27 bits per heavy atom. The molecule has 0 bridgehead atoms. The molecule has 22 heavy (non-hydrogen) atoms. The minimum absolute atomic E-state index is 0.402. The van der Waals surface area contributed by atoms with Crippen molar-refractivity contribution in [3.63, 3.8) is 0 Å². The minimum atomic E-state index is 0.402. The molecule has 0 amide bonds. The van der Waals surface area contributed by atoms with Crippen molar-refractivity contribution in [1.29, 1.82) is 5.26 Å². The van der Waals surface area contributed by atoms with E-state index in [1.807, 2.05) is 18.2 Å². The molecule has 112 valence electrons. The highest BCUT2D eigenvalue weighted by atomic mass is 79.9. The summed E-state index contributed by atoms with van der Waals surface area (Å²) in [7, 11) is 2.07. The average Bonchev–Trinajstić information content (AvgIpc) is 3.04. The van der Waals surface area contributed by atoms with Crippen molar-refractivity contribution in [2.24, 2.45) is 0 Å². The largest absolute Gasteiger partial charge is 0.369 e. The smallest absolute Gasteiger partial charge is 0.131 e. The van der Waals surface area contributed by atoms with Crippen LogP contribution in [0.15, 0.2) is 41.3 Å². The maximum atomic E-state index is 9.11. The molecular formula is C16H16BrN5. The summed E-state index contributed by atoms with van der Waals surface area (Å²) in [4.78, 5) is 12.8. The van der Waals surface area contributed by atoms with E-state index in [9.17, 15) is 0 Å². The zero-order valence-electron chi connectivity index (χ0n) is 12.3. The summed E-state index contributed by atoms with van der Waals surface area (Å²) in [5.74, 6) is 0.939. The van der Waals surface area contributed by atoms with Crippen LogP contribution >= 0.6 is 15.9 Å². The van der Waals surface area contributed by atoms with E-state index in [0.717, 1.165) is 35.5 Å². The Morgan fingerprint density at radius 3 is 3.00 bits per heavy atom. The van der Waals surface area contributed by atoms with Crippen LogP contribution in [0.1, 0.15) is 12.0 Å². The van der Waals surface area contributed by atoms with Gasteiger partial charge in [0.15, 0.2) is 0 Å². The first-order chi connectivity index (χ1) is 10.7. The number of likely N-dealkylation sites (N-methyl/N-ethyl adjacent to an activating group) is 1. The Morgan fingerprint density at radius 1 is 1.41 bits per heavy atom. The standard InChI is InChI=1S/C16H16BrN5/c1-21(16-2-4-19-11-20-16)14-3-5-22(10-14)15-7-12(9-18)6-13(17)8-15/h2,4,6-8,11,14H,3,5,10H2,1H3. The number of halogens is 1. The van der Waals surface area contributed by atoms with E-state index < -0.39 is 0 Å². The molecule has 6 heteroatoms. The highest BCUT2D eigenvalue weighted by molar-refractivity contribution is 9.10. The Hall–Kier alpha value is -2.13. The van der Waals surface area contributed by atoms with Crippen molar-refractivity contribution in [2.75, 3.05) is 29.9 Å². The number of hydrogen-bond acceptors (Lipinski definition) is 5. The fourth-order valence-electron chi connectivity index (χ4n) is 2.79. The first kappa shape index (κ1) is 14.8. The molecule has 1 aromatic carbocycles. The predicted octanol–water partition coefficient (Wildman–Crippen LogP) is 2.83. The summed E-state index contributed by atoms with van der Waals surface area (Å²) in [6.07, 6.45) is 4.40. The maximum absolute atomic E-state index is 9.11. The van der Waals surface area contributed by atoms with Crippen molar-refractivity contribution in [3.05, 3.63) is 46.8 Å². The Balaban J connectivity index is 1.75. The third kappa shape index (κ3) is 3.04. The topological polar surface area (TPSA) is 56.1 Å². The third-order valence-corrected chi connectivity index (χ3v) is 4.47. The Bertz CT molecular complexity index is 697. The van der Waals surface area contributed by atoms with Gasteiger partial charge in [-0.05, 0) is 30.7 Å². The van der Waals surface area contributed by atoms with E-state index in [1.165, 1.54) is 0 Å². The van der Waals surface area contributed by atoms with Crippen molar-refractivity contribution >= 4 is 27.4 Å². The van der Waals surface area contributed by atoms with E-state index in [0.29, 0.717) is 11.6 Å². The molecular weight excluding hydrogens is 342 g/mol. The maximum Gasteiger partial charge on any atom is 0.131 e. The summed E-state index contributed by atoms with van der Waals surface area (Å²) >= 11 is 3.48. The number of nitrogens with zero attached hydrogens (tertiary/aromatic N) is 5. The summed E-state index contributed by atoms with van der Waals surface area (Å²) in [5.41, 5.74) is 1.77. The van der Waals surface area contributed by atoms with Crippen LogP contribution in [0.25, 0.3) is 0 Å². The SMILES string of the molecule is CN(c1ccncn1)C1CCN(c2cc(Br)cc(C#N)c2)C1. The lowest BCUT2D eigenvalue weighted by molar-refractivity contribution is 0.683. The van der Waals surface area contributed by atoms with Crippen LogP contribution < -0.4 is 9.80 Å². The van der Waals surface area contributed by atoms with Crippen molar-refractivity contribution < 1.29 is 0 Å². The van der Waals surface area contributed by atoms with Crippen LogP contribution in [0.5, 0.6) is 0 Å². The molecule has 2 aromatic rings. The summed E-state index contributed by atoms with van der Waals surface area (Å²) in [6.45, 7) is 1.89. The molecule has 1 aliphatic heterocycles. The zero-order valence-corrected chi connectivity index (χ0v) is 13.9. The quantitative estimate of drug-likeness (QED) is 0.845. The second-order valence-electron chi connectivity index (χ2n) is 5.38. The molecule has 0 spiro atoms. The van der Waals surface area contributed by atoms with Gasteiger partial charge in [0, 0.05) is 42.5 Å². The first-order valence-electron chi connectivity index (χ1n) is 7.12. The molecule has 0 N–H and O–H groups in total. The van der Waals surface area contributed by atoms with Crippen LogP contribution in [-0.4, -0.2) is 36.1 Å². The summed E-state index contributed by atoms with van der Waals surface area (Å²) in [5, 5.41) is 9.11. The molecule has 1 atom stereocenters. The van der Waals surface area contributed by atoms with Gasteiger partial charge >= 0.3 is 0 Å². The number of anilines is 2. The van der Waals surface area contributed by atoms with Gasteiger partial charge in [-0.2, -0.15) is 5.26 Å². The number of benzene rings is 1. The Kier molecular flexibility index (Phi) is 4.25. The molecule has 5 nitrogen and oxygen atoms in total. The van der Waals surface area contributed by atoms with Gasteiger partial charge in [-0.25, -0.2) is 9.97 Å². The van der Waals surface area contributed by atoms with E-state index in [2.05, 4.69) is 54.9 Å². The lowest BCUT2D eigenvalue weighted by Crippen LogP contribution is -2.35. The second kappa shape index (κ2) is 6.32. The van der Waals surface area contributed by atoms with Gasteiger partial charge in [0.05, 0.1) is 11.6 Å². The van der Waals surface area contributed by atoms with E-state index in [-0.39, 0.29) is 0 Å². The van der Waals surface area contributed by atoms with Gasteiger partial charge < -0.3 is 9.80 Å². The third-order valence-electron chi connectivity index (χ3n) is 4.02. The highest BCUT2D eigenvalue weighted by Gasteiger charge is 2.27. The van der Waals surface area contributed by atoms with Gasteiger partial charge in [0.1, 0.15) is 12.1 Å². The van der Waals surface area contributed by atoms with Crippen molar-refractivity contribution in [2.45, 2.75) is 12.5 Å². The molecule has 1 saturated heterocycles. The van der Waals surface area contributed by atoms with Gasteiger partial charge in [0.2, 0.25) is 0 Å². The van der Waals surface area contributed by atoms with Crippen LogP contribution in [0, 0.1) is 11.3 Å². The number of nitriles is 1. The molecule has 0 saturated carbocycles. The molecule has 0 radical (unpaired) electrons. The minimum Gasteiger partial charge on any atom is -0.369 e. The van der Waals surface area contributed by atoms with Crippen LogP contribution in [0.3, 0.4) is 0 Å². The second-order valence-corrected chi connectivity index (χ2v) is 6.29. The van der Waals surface area contributed by atoms with Crippen LogP contribution in [-0.2, 0) is 0 Å². The van der Waals surface area contributed by atoms with Crippen LogP contribution in [0.2, 0.25) is 0 Å². The van der Waals surface area contributed by atoms with Gasteiger partial charge in [-0.15, -0.1) is 0 Å². The van der Waals surface area contributed by atoms with E-state index in [4.69, 9.17) is 5.26 Å². The lowest BCUT2D eigenvalue weighted by atomic mass is 10.2. The van der Waals surface area contributed by atoms with Crippen molar-refractivity contribution in [3.8, 4) is 6.07 Å². The van der Waals surface area contributed by atoms with Gasteiger partial charge in [-0.1, -0.05) is 15.9 Å². The average molecular weight is 358 g/mol. The highest BCUT2D eigenvalue weighted by Crippen LogP contribution is 2.28. The molecule has 1 unspecified atom stereocenters. The van der Waals surface area contributed by atoms with Gasteiger partial charge in [0.25, 0.3) is 0 Å². The molecule has 0 aliphatic carbocycles. The molecule has 1 aromatic heterocycles. The van der Waals surface area contributed by atoms with Crippen molar-refractivity contribution in [1.82, 2.24) is 9.97 Å². The summed E-state index contributed by atoms with van der Waals surface area (Å²) in [6, 6.07) is 10.4. The van der Waals surface area contributed by atoms with E-state index in [1.54, 1.807) is 12.5 Å². The normalized spacial score (nSPS) is 17.3. The fraction of sp³-hybridized carbons (Fsp3) is 0.312. The fourth-order valence-corrected chi connectivity index (χ4v) is 3.27. The lowest BCUT2D eigenvalue weighted by Gasteiger charge is -2.26. The molecule has 1 fully saturated rings. The summed E-state index contributed by atoms with van der Waals surface area (Å²) < 4.78 is 0.939. The number of hydrogen-bond donors (Lipinski definition) is 0. The van der Waals surface area contributed by atoms with E-state index >= 15 is 0 Å². The van der Waals surface area contributed by atoms with Crippen LogP contribution in [0.4, 0.5) is 11.5 Å². The van der Waals surface area contributed by atoms with Gasteiger partial charge in [-0.3, -0.25) is 0 Å².